The second kappa shape index (κ2) is 8.32. The molecule has 0 atom stereocenters. The summed E-state index contributed by atoms with van der Waals surface area (Å²) in [5, 5.41) is 11.8. The average Bonchev–Trinajstić information content (AvgIpc) is 2.74. The van der Waals surface area contributed by atoms with Crippen molar-refractivity contribution in [3.8, 4) is 11.1 Å². The zero-order valence-corrected chi connectivity index (χ0v) is 15.8. The molecule has 154 valence electrons. The zero-order valence-electron chi connectivity index (χ0n) is 15.8. The summed E-state index contributed by atoms with van der Waals surface area (Å²) < 4.78 is 63.9. The van der Waals surface area contributed by atoms with Gasteiger partial charge < -0.3 is 10.2 Å². The lowest BCUT2D eigenvalue weighted by atomic mass is 9.89. The van der Waals surface area contributed by atoms with E-state index in [1.54, 1.807) is 6.07 Å². The highest BCUT2D eigenvalue weighted by atomic mass is 19.2. The summed E-state index contributed by atoms with van der Waals surface area (Å²) in [4.78, 5) is 12.1. The van der Waals surface area contributed by atoms with E-state index in [1.807, 2.05) is 0 Å². The zero-order chi connectivity index (χ0) is 22.0. The lowest BCUT2D eigenvalue weighted by molar-refractivity contribution is -0.135. The molecular weight excluding hydrogens is 402 g/mol. The normalized spacial score (nSPS) is 15.0. The Hall–Kier alpha value is -3.75. The van der Waals surface area contributed by atoms with Crippen molar-refractivity contribution in [1.29, 1.82) is 5.41 Å². The summed E-state index contributed by atoms with van der Waals surface area (Å²) in [5.74, 6) is -7.43. The van der Waals surface area contributed by atoms with Gasteiger partial charge in [-0.05, 0) is 23.3 Å². The van der Waals surface area contributed by atoms with E-state index in [9.17, 15) is 22.4 Å². The van der Waals surface area contributed by atoms with Crippen LogP contribution in [-0.2, 0) is 9.53 Å². The van der Waals surface area contributed by atoms with Gasteiger partial charge in [0.15, 0.2) is 23.3 Å². The average molecular weight is 417 g/mol. The Morgan fingerprint density at radius 2 is 1.53 bits per heavy atom. The molecule has 0 amide bonds. The van der Waals surface area contributed by atoms with Crippen LogP contribution in [0.15, 0.2) is 53.2 Å². The van der Waals surface area contributed by atoms with Crippen LogP contribution in [0.25, 0.3) is 16.7 Å². The molecule has 0 bridgehead atoms. The van der Waals surface area contributed by atoms with Crippen LogP contribution in [-0.4, -0.2) is 31.6 Å². The van der Waals surface area contributed by atoms with Crippen LogP contribution in [0.1, 0.15) is 5.56 Å². The number of methoxy groups -OCH3 is 1. The number of hydrogen-bond acceptors (Lipinski definition) is 5. The number of benzene rings is 2. The summed E-state index contributed by atoms with van der Waals surface area (Å²) in [6.07, 6.45) is 1.91. The number of nitrogens with zero attached hydrogens (tertiary/aromatic N) is 1. The Bertz CT molecular complexity index is 1110. The van der Waals surface area contributed by atoms with Gasteiger partial charge in [0, 0.05) is 7.05 Å². The Morgan fingerprint density at radius 1 is 0.967 bits per heavy atom. The van der Waals surface area contributed by atoms with E-state index in [2.05, 4.69) is 15.3 Å². The summed E-state index contributed by atoms with van der Waals surface area (Å²) in [5.41, 5.74) is -0.823. The fourth-order valence-electron chi connectivity index (χ4n) is 3.02. The fourth-order valence-corrected chi connectivity index (χ4v) is 3.02. The van der Waals surface area contributed by atoms with Gasteiger partial charge in [-0.25, -0.2) is 22.4 Å². The number of halogens is 4. The third-order valence-corrected chi connectivity index (χ3v) is 4.35. The van der Waals surface area contributed by atoms with E-state index in [0.717, 1.165) is 19.3 Å². The predicted molar refractivity (Wildman–Crippen MR) is 104 cm³/mol. The van der Waals surface area contributed by atoms with Gasteiger partial charge in [-0.15, -0.1) is 0 Å². The second-order valence-electron chi connectivity index (χ2n) is 6.12. The molecule has 2 N–H and O–H groups in total. The molecule has 0 heterocycles. The molecular formula is C21H15F4N3O2. The first kappa shape index (κ1) is 21.0. The Kier molecular flexibility index (Phi) is 5.81. The van der Waals surface area contributed by atoms with Gasteiger partial charge >= 0.3 is 5.97 Å². The minimum absolute atomic E-state index is 0.0450. The van der Waals surface area contributed by atoms with Gasteiger partial charge in [-0.1, -0.05) is 30.3 Å². The number of hydrazone groups is 1. The van der Waals surface area contributed by atoms with E-state index in [1.165, 1.54) is 31.3 Å². The van der Waals surface area contributed by atoms with Crippen molar-refractivity contribution in [3.05, 3.63) is 76.9 Å². The standard InChI is InChI=1S/C21H15F4N3O2/c1-27-28-20-12(21(29)30-2)8-11(9-13(20)26)15-18(24)16(22)14(17(23)19(15)25)10-6-4-3-5-7-10/h3-9,26-27H,1-2H3/b26-13?,28-20-. The third-order valence-electron chi connectivity index (χ3n) is 4.35. The predicted octanol–water partition coefficient (Wildman–Crippen LogP) is 4.00. The van der Waals surface area contributed by atoms with Crippen LogP contribution in [0.2, 0.25) is 0 Å². The van der Waals surface area contributed by atoms with Crippen molar-refractivity contribution in [3.63, 3.8) is 0 Å². The number of hydrogen-bond donors (Lipinski definition) is 2. The van der Waals surface area contributed by atoms with E-state index in [0.29, 0.717) is 0 Å². The van der Waals surface area contributed by atoms with Crippen LogP contribution in [0.3, 0.4) is 0 Å². The first-order valence-corrected chi connectivity index (χ1v) is 8.59. The molecule has 2 aromatic carbocycles. The summed E-state index contributed by atoms with van der Waals surface area (Å²) in [6, 6.07) is 7.15. The van der Waals surface area contributed by atoms with E-state index >= 15 is 0 Å². The van der Waals surface area contributed by atoms with E-state index in [4.69, 9.17) is 5.41 Å². The summed E-state index contributed by atoms with van der Waals surface area (Å²) >= 11 is 0. The Balaban J connectivity index is 2.25. The van der Waals surface area contributed by atoms with Crippen molar-refractivity contribution in [2.75, 3.05) is 14.2 Å². The number of nitrogens with one attached hydrogen (secondary N) is 2. The van der Waals surface area contributed by atoms with Crippen molar-refractivity contribution >= 4 is 23.0 Å². The van der Waals surface area contributed by atoms with Crippen LogP contribution in [0, 0.1) is 28.7 Å². The highest BCUT2D eigenvalue weighted by Crippen LogP contribution is 2.36. The van der Waals surface area contributed by atoms with Crippen LogP contribution in [0.5, 0.6) is 0 Å². The molecule has 0 saturated heterocycles. The highest BCUT2D eigenvalue weighted by Gasteiger charge is 2.31. The largest absolute Gasteiger partial charge is 0.465 e. The molecule has 0 aromatic heterocycles. The van der Waals surface area contributed by atoms with Gasteiger partial charge in [0.2, 0.25) is 0 Å². The smallest absolute Gasteiger partial charge is 0.340 e. The third kappa shape index (κ3) is 3.49. The highest BCUT2D eigenvalue weighted by molar-refractivity contribution is 6.57. The molecule has 0 radical (unpaired) electrons. The number of esters is 1. The molecule has 1 aliphatic rings. The number of ether oxygens (including phenoxy) is 1. The van der Waals surface area contributed by atoms with Gasteiger partial charge in [0.25, 0.3) is 0 Å². The van der Waals surface area contributed by atoms with Gasteiger partial charge in [-0.2, -0.15) is 5.10 Å². The quantitative estimate of drug-likeness (QED) is 0.260. The first-order valence-electron chi connectivity index (χ1n) is 8.59. The number of rotatable bonds is 4. The van der Waals surface area contributed by atoms with Crippen molar-refractivity contribution < 1.29 is 27.1 Å². The molecule has 30 heavy (non-hydrogen) atoms. The van der Waals surface area contributed by atoms with Crippen LogP contribution in [0.4, 0.5) is 17.6 Å². The topological polar surface area (TPSA) is 74.5 Å². The van der Waals surface area contributed by atoms with E-state index in [-0.39, 0.29) is 16.8 Å². The maximum Gasteiger partial charge on any atom is 0.340 e. The minimum Gasteiger partial charge on any atom is -0.465 e. The molecule has 9 heteroatoms. The van der Waals surface area contributed by atoms with Gasteiger partial charge in [0.05, 0.1) is 29.5 Å². The molecule has 3 rings (SSSR count). The lowest BCUT2D eigenvalue weighted by Gasteiger charge is -2.18. The molecule has 0 aliphatic heterocycles. The maximum absolute atomic E-state index is 14.9. The molecule has 2 aromatic rings. The lowest BCUT2D eigenvalue weighted by Crippen LogP contribution is -2.26. The van der Waals surface area contributed by atoms with Crippen LogP contribution >= 0.6 is 0 Å². The summed E-state index contributed by atoms with van der Waals surface area (Å²) in [6.45, 7) is 0. The molecule has 0 unspecified atom stereocenters. The molecule has 0 spiro atoms. The van der Waals surface area contributed by atoms with E-state index < -0.39 is 51.6 Å². The minimum atomic E-state index is -1.65. The molecule has 0 fully saturated rings. The van der Waals surface area contributed by atoms with Crippen molar-refractivity contribution in [1.82, 2.24) is 5.43 Å². The Labute approximate surface area is 168 Å². The monoisotopic (exact) mass is 417 g/mol. The first-order chi connectivity index (χ1) is 14.3. The second-order valence-corrected chi connectivity index (χ2v) is 6.12. The number of allylic oxidation sites excluding steroid dienone is 3. The van der Waals surface area contributed by atoms with Crippen LogP contribution < -0.4 is 5.43 Å². The fraction of sp³-hybridized carbons (Fsp3) is 0.0952. The molecule has 5 nitrogen and oxygen atoms in total. The van der Waals surface area contributed by atoms with Gasteiger partial charge in [-0.3, -0.25) is 5.41 Å². The maximum atomic E-state index is 14.9. The van der Waals surface area contributed by atoms with Crippen molar-refractivity contribution in [2.24, 2.45) is 5.10 Å². The summed E-state index contributed by atoms with van der Waals surface area (Å²) in [7, 11) is 2.48. The SMILES string of the molecule is CN/N=C1\C(=N)C=C(c2c(F)c(F)c(-c3ccccc3)c(F)c2F)C=C1C(=O)OC. The number of carbonyl (C=O) groups excluding carboxylic acids is 1. The Morgan fingerprint density at radius 3 is 2.07 bits per heavy atom. The molecule has 0 saturated carbocycles. The van der Waals surface area contributed by atoms with Crippen molar-refractivity contribution in [2.45, 2.75) is 0 Å². The number of carbonyl (C=O) groups is 1. The molecule has 1 aliphatic carbocycles. The van der Waals surface area contributed by atoms with Gasteiger partial charge in [0.1, 0.15) is 5.71 Å².